The number of benzene rings is 1. The van der Waals surface area contributed by atoms with Crippen LogP contribution in [-0.2, 0) is 6.42 Å². The van der Waals surface area contributed by atoms with Crippen LogP contribution < -0.4 is 5.73 Å². The lowest BCUT2D eigenvalue weighted by Gasteiger charge is -2.04. The molecule has 0 aliphatic carbocycles. The minimum absolute atomic E-state index is 0.163. The molecule has 0 unspecified atom stereocenters. The minimum Gasteiger partial charge on any atom is -0.387 e. The van der Waals surface area contributed by atoms with Gasteiger partial charge < -0.3 is 5.73 Å². The van der Waals surface area contributed by atoms with Crippen LogP contribution in [0.1, 0.15) is 11.3 Å². The molecule has 0 amide bonds. The van der Waals surface area contributed by atoms with Gasteiger partial charge in [-0.15, -0.1) is 0 Å². The van der Waals surface area contributed by atoms with E-state index in [1.54, 1.807) is 6.20 Å². The second kappa shape index (κ2) is 4.18. The number of rotatable bonds is 3. The largest absolute Gasteiger partial charge is 0.387 e. The van der Waals surface area contributed by atoms with Crippen LogP contribution in [0.3, 0.4) is 0 Å². The molecular weight excluding hydrogens is 200 g/mol. The zero-order chi connectivity index (χ0) is 11.5. The topological polar surface area (TPSA) is 67.7 Å². The van der Waals surface area contributed by atoms with E-state index in [-0.39, 0.29) is 5.84 Å². The molecule has 0 saturated heterocycles. The van der Waals surface area contributed by atoms with Crippen LogP contribution in [0.2, 0.25) is 0 Å². The standard InChI is InChI=1S/C12H14N4/c1-9-10(7-12(13)14)8-15-16(9)11-5-3-2-4-6-11/h2-6,8H,7H2,1H3,(H3,13,14). The summed E-state index contributed by atoms with van der Waals surface area (Å²) in [6.45, 7) is 1.98. The molecule has 16 heavy (non-hydrogen) atoms. The van der Waals surface area contributed by atoms with E-state index >= 15 is 0 Å². The highest BCUT2D eigenvalue weighted by atomic mass is 15.3. The lowest BCUT2D eigenvalue weighted by atomic mass is 10.2. The molecule has 2 rings (SSSR count). The minimum atomic E-state index is 0.163. The Balaban J connectivity index is 2.37. The molecule has 0 radical (unpaired) electrons. The van der Waals surface area contributed by atoms with E-state index in [4.69, 9.17) is 11.1 Å². The lowest BCUT2D eigenvalue weighted by molar-refractivity contribution is 0.845. The maximum absolute atomic E-state index is 7.28. The maximum atomic E-state index is 7.28. The number of nitrogens with two attached hydrogens (primary N) is 1. The Hall–Kier alpha value is -2.10. The molecule has 4 nitrogen and oxygen atoms in total. The van der Waals surface area contributed by atoms with Crippen molar-refractivity contribution in [3.05, 3.63) is 47.8 Å². The van der Waals surface area contributed by atoms with Gasteiger partial charge in [-0.3, -0.25) is 5.41 Å². The van der Waals surface area contributed by atoms with Crippen molar-refractivity contribution in [2.45, 2.75) is 13.3 Å². The molecule has 0 spiro atoms. The van der Waals surface area contributed by atoms with Gasteiger partial charge in [0.15, 0.2) is 0 Å². The zero-order valence-corrected chi connectivity index (χ0v) is 9.14. The molecule has 2 aromatic rings. The van der Waals surface area contributed by atoms with Crippen LogP contribution >= 0.6 is 0 Å². The summed E-state index contributed by atoms with van der Waals surface area (Å²) in [6.07, 6.45) is 2.22. The van der Waals surface area contributed by atoms with Crippen molar-refractivity contribution < 1.29 is 0 Å². The predicted octanol–water partition coefficient (Wildman–Crippen LogP) is 1.66. The predicted molar refractivity (Wildman–Crippen MR) is 63.9 cm³/mol. The molecule has 4 heteroatoms. The van der Waals surface area contributed by atoms with E-state index in [0.717, 1.165) is 16.9 Å². The van der Waals surface area contributed by atoms with Gasteiger partial charge in [-0.05, 0) is 19.1 Å². The Labute approximate surface area is 94.2 Å². The molecule has 3 N–H and O–H groups in total. The van der Waals surface area contributed by atoms with Gasteiger partial charge in [-0.1, -0.05) is 18.2 Å². The van der Waals surface area contributed by atoms with Gasteiger partial charge in [0.25, 0.3) is 0 Å². The summed E-state index contributed by atoms with van der Waals surface area (Å²) < 4.78 is 1.86. The summed E-state index contributed by atoms with van der Waals surface area (Å²) in [5, 5.41) is 11.6. The molecule has 0 aliphatic rings. The van der Waals surface area contributed by atoms with Gasteiger partial charge >= 0.3 is 0 Å². The first-order chi connectivity index (χ1) is 7.68. The van der Waals surface area contributed by atoms with Crippen LogP contribution in [0, 0.1) is 12.3 Å². The van der Waals surface area contributed by atoms with Gasteiger partial charge in [-0.2, -0.15) is 5.10 Å². The summed E-state index contributed by atoms with van der Waals surface area (Å²) in [6, 6.07) is 9.91. The first-order valence-corrected chi connectivity index (χ1v) is 5.10. The third kappa shape index (κ3) is 1.95. The molecule has 0 fully saturated rings. The fourth-order valence-electron chi connectivity index (χ4n) is 1.65. The highest BCUT2D eigenvalue weighted by molar-refractivity contribution is 5.79. The quantitative estimate of drug-likeness (QED) is 0.602. The maximum Gasteiger partial charge on any atom is 0.0951 e. The molecule has 1 heterocycles. The van der Waals surface area contributed by atoms with Gasteiger partial charge in [0.1, 0.15) is 0 Å². The lowest BCUT2D eigenvalue weighted by Crippen LogP contribution is -2.13. The van der Waals surface area contributed by atoms with Crippen LogP contribution in [0.25, 0.3) is 5.69 Å². The highest BCUT2D eigenvalue weighted by Crippen LogP contribution is 2.13. The first kappa shape index (κ1) is 10.4. The number of amidine groups is 1. The molecule has 1 aromatic heterocycles. The van der Waals surface area contributed by atoms with Crippen molar-refractivity contribution in [2.24, 2.45) is 5.73 Å². The van der Waals surface area contributed by atoms with Gasteiger partial charge in [0.05, 0.1) is 17.7 Å². The summed E-state index contributed by atoms with van der Waals surface area (Å²) in [4.78, 5) is 0. The average molecular weight is 214 g/mol. The van der Waals surface area contributed by atoms with Crippen LogP contribution in [0.15, 0.2) is 36.5 Å². The van der Waals surface area contributed by atoms with Crippen LogP contribution in [-0.4, -0.2) is 15.6 Å². The van der Waals surface area contributed by atoms with Crippen molar-refractivity contribution in [3.63, 3.8) is 0 Å². The number of aromatic nitrogens is 2. The van der Waals surface area contributed by atoms with Crippen molar-refractivity contribution in [1.82, 2.24) is 9.78 Å². The van der Waals surface area contributed by atoms with E-state index < -0.39 is 0 Å². The van der Waals surface area contributed by atoms with Crippen molar-refractivity contribution >= 4 is 5.84 Å². The van der Waals surface area contributed by atoms with Crippen molar-refractivity contribution in [2.75, 3.05) is 0 Å². The van der Waals surface area contributed by atoms with Crippen molar-refractivity contribution in [1.29, 1.82) is 5.41 Å². The molecule has 1 aromatic carbocycles. The number of nitrogens with zero attached hydrogens (tertiary/aromatic N) is 2. The Bertz CT molecular complexity index is 499. The molecular formula is C12H14N4. The second-order valence-electron chi connectivity index (χ2n) is 3.70. The Morgan fingerprint density at radius 1 is 1.38 bits per heavy atom. The fraction of sp³-hybridized carbons (Fsp3) is 0.167. The number of para-hydroxylation sites is 1. The molecule has 0 aliphatic heterocycles. The first-order valence-electron chi connectivity index (χ1n) is 5.10. The molecule has 0 saturated carbocycles. The third-order valence-corrected chi connectivity index (χ3v) is 2.49. The Morgan fingerprint density at radius 2 is 2.06 bits per heavy atom. The fourth-order valence-corrected chi connectivity index (χ4v) is 1.65. The average Bonchev–Trinajstić information content (AvgIpc) is 2.61. The van der Waals surface area contributed by atoms with Gasteiger partial charge in [0.2, 0.25) is 0 Å². The third-order valence-electron chi connectivity index (χ3n) is 2.49. The summed E-state index contributed by atoms with van der Waals surface area (Å²) in [5.74, 6) is 0.163. The van der Waals surface area contributed by atoms with E-state index in [1.807, 2.05) is 41.9 Å². The van der Waals surface area contributed by atoms with E-state index in [1.165, 1.54) is 0 Å². The Kier molecular flexibility index (Phi) is 2.72. The van der Waals surface area contributed by atoms with Crippen LogP contribution in [0.5, 0.6) is 0 Å². The van der Waals surface area contributed by atoms with Gasteiger partial charge in [0, 0.05) is 17.7 Å². The normalized spacial score (nSPS) is 10.3. The summed E-state index contributed by atoms with van der Waals surface area (Å²) in [7, 11) is 0. The van der Waals surface area contributed by atoms with E-state index in [2.05, 4.69) is 5.10 Å². The van der Waals surface area contributed by atoms with E-state index in [0.29, 0.717) is 6.42 Å². The molecule has 0 atom stereocenters. The number of nitrogens with one attached hydrogen (secondary N) is 1. The summed E-state index contributed by atoms with van der Waals surface area (Å²) in [5.41, 5.74) is 8.44. The van der Waals surface area contributed by atoms with E-state index in [9.17, 15) is 0 Å². The summed E-state index contributed by atoms with van der Waals surface area (Å²) >= 11 is 0. The van der Waals surface area contributed by atoms with Crippen LogP contribution in [0.4, 0.5) is 0 Å². The Morgan fingerprint density at radius 3 is 2.69 bits per heavy atom. The molecule has 82 valence electrons. The second-order valence-corrected chi connectivity index (χ2v) is 3.70. The number of hydrogen-bond donors (Lipinski definition) is 2. The highest BCUT2D eigenvalue weighted by Gasteiger charge is 2.08. The SMILES string of the molecule is Cc1c(CC(=N)N)cnn1-c1ccccc1. The van der Waals surface area contributed by atoms with Gasteiger partial charge in [-0.25, -0.2) is 4.68 Å². The smallest absolute Gasteiger partial charge is 0.0951 e. The number of hydrogen-bond acceptors (Lipinski definition) is 2. The molecule has 0 bridgehead atoms. The monoisotopic (exact) mass is 214 g/mol. The zero-order valence-electron chi connectivity index (χ0n) is 9.14. The van der Waals surface area contributed by atoms with Crippen molar-refractivity contribution in [3.8, 4) is 5.69 Å².